The largest absolute Gasteiger partial charge is 0.393 e. The van der Waals surface area contributed by atoms with Crippen molar-refractivity contribution in [1.29, 1.82) is 0 Å². The molecule has 2 rings (SSSR count). The fourth-order valence-electron chi connectivity index (χ4n) is 2.46. The second-order valence-corrected chi connectivity index (χ2v) is 6.68. The second kappa shape index (κ2) is 5.86. The molecule has 8 heteroatoms. The molecule has 8 nitrogen and oxygen atoms in total. The molecule has 1 atom stereocenters. The van der Waals surface area contributed by atoms with Gasteiger partial charge in [0, 0.05) is 31.6 Å². The predicted octanol–water partition coefficient (Wildman–Crippen LogP) is 0.566. The van der Waals surface area contributed by atoms with Crippen molar-refractivity contribution >= 4 is 29.2 Å². The van der Waals surface area contributed by atoms with Crippen LogP contribution in [0.5, 0.6) is 0 Å². The zero-order valence-corrected chi connectivity index (χ0v) is 13.6. The van der Waals surface area contributed by atoms with Gasteiger partial charge >= 0.3 is 0 Å². The van der Waals surface area contributed by atoms with Gasteiger partial charge in [-0.25, -0.2) is 0 Å². The van der Waals surface area contributed by atoms with Crippen LogP contribution in [0.15, 0.2) is 0 Å². The van der Waals surface area contributed by atoms with E-state index in [1.807, 2.05) is 25.7 Å². The van der Waals surface area contributed by atoms with Crippen molar-refractivity contribution in [3.63, 3.8) is 0 Å². The highest BCUT2D eigenvalue weighted by Gasteiger charge is 2.27. The van der Waals surface area contributed by atoms with Gasteiger partial charge in [0.2, 0.25) is 11.9 Å². The highest BCUT2D eigenvalue weighted by atomic mass is 16.1. The van der Waals surface area contributed by atoms with E-state index in [0.717, 1.165) is 13.0 Å². The number of nitrogen functional groups attached to an aromatic ring is 2. The third-order valence-corrected chi connectivity index (χ3v) is 3.34. The SMILES string of the molecule is CC(=O)NC1CCN(c2nc(NC(C)(C)C)nc(N)c2N)C1. The number of carbonyl (C=O) groups is 1. The minimum Gasteiger partial charge on any atom is -0.393 e. The van der Waals surface area contributed by atoms with E-state index in [2.05, 4.69) is 20.6 Å². The summed E-state index contributed by atoms with van der Waals surface area (Å²) >= 11 is 0. The minimum atomic E-state index is -0.177. The van der Waals surface area contributed by atoms with Crippen LogP contribution < -0.4 is 27.0 Å². The maximum atomic E-state index is 11.2. The number of anilines is 4. The molecule has 1 aromatic rings. The van der Waals surface area contributed by atoms with Crippen LogP contribution in [-0.2, 0) is 4.79 Å². The molecule has 1 fully saturated rings. The lowest BCUT2D eigenvalue weighted by Crippen LogP contribution is -2.36. The number of rotatable bonds is 3. The van der Waals surface area contributed by atoms with Crippen molar-refractivity contribution in [2.45, 2.75) is 45.7 Å². The first-order valence-electron chi connectivity index (χ1n) is 7.39. The Balaban J connectivity index is 2.22. The zero-order valence-electron chi connectivity index (χ0n) is 13.6. The molecule has 1 unspecified atom stereocenters. The Morgan fingerprint density at radius 2 is 2.00 bits per heavy atom. The third-order valence-electron chi connectivity index (χ3n) is 3.34. The molecule has 22 heavy (non-hydrogen) atoms. The van der Waals surface area contributed by atoms with E-state index in [4.69, 9.17) is 11.5 Å². The maximum Gasteiger partial charge on any atom is 0.227 e. The Kier molecular flexibility index (Phi) is 4.30. The van der Waals surface area contributed by atoms with Gasteiger partial charge in [-0.3, -0.25) is 4.79 Å². The van der Waals surface area contributed by atoms with Gasteiger partial charge in [0.05, 0.1) is 0 Å². The summed E-state index contributed by atoms with van der Waals surface area (Å²) < 4.78 is 0. The fourth-order valence-corrected chi connectivity index (χ4v) is 2.46. The molecule has 1 aliphatic heterocycles. The van der Waals surface area contributed by atoms with Gasteiger partial charge in [0.1, 0.15) is 5.69 Å². The number of carbonyl (C=O) groups excluding carboxylic acids is 1. The van der Waals surface area contributed by atoms with Crippen LogP contribution in [0.4, 0.5) is 23.3 Å². The Hall–Kier alpha value is -2.25. The number of nitrogens with one attached hydrogen (secondary N) is 2. The van der Waals surface area contributed by atoms with E-state index in [1.54, 1.807) is 0 Å². The molecule has 0 saturated carbocycles. The molecular weight excluding hydrogens is 282 g/mol. The molecule has 0 spiro atoms. The molecule has 0 aliphatic carbocycles. The Morgan fingerprint density at radius 1 is 1.32 bits per heavy atom. The maximum absolute atomic E-state index is 11.2. The lowest BCUT2D eigenvalue weighted by atomic mass is 10.1. The molecule has 1 amide bonds. The van der Waals surface area contributed by atoms with E-state index in [0.29, 0.717) is 24.0 Å². The lowest BCUT2D eigenvalue weighted by Gasteiger charge is -2.24. The highest BCUT2D eigenvalue weighted by Crippen LogP contribution is 2.30. The van der Waals surface area contributed by atoms with Crippen molar-refractivity contribution in [3.8, 4) is 0 Å². The molecule has 0 radical (unpaired) electrons. The Morgan fingerprint density at radius 3 is 2.59 bits per heavy atom. The number of nitrogens with two attached hydrogens (primary N) is 2. The van der Waals surface area contributed by atoms with Crippen LogP contribution in [0.2, 0.25) is 0 Å². The molecule has 6 N–H and O–H groups in total. The normalized spacial score (nSPS) is 18.4. The smallest absolute Gasteiger partial charge is 0.227 e. The van der Waals surface area contributed by atoms with Gasteiger partial charge in [0.25, 0.3) is 0 Å². The first-order chi connectivity index (χ1) is 10.2. The van der Waals surface area contributed by atoms with Crippen LogP contribution in [-0.4, -0.2) is 40.5 Å². The van der Waals surface area contributed by atoms with Crippen LogP contribution in [0.3, 0.4) is 0 Å². The first kappa shape index (κ1) is 16.1. The summed E-state index contributed by atoms with van der Waals surface area (Å²) in [4.78, 5) is 21.9. The summed E-state index contributed by atoms with van der Waals surface area (Å²) in [5, 5.41) is 6.12. The van der Waals surface area contributed by atoms with Gasteiger partial charge in [-0.1, -0.05) is 0 Å². The molecule has 1 saturated heterocycles. The number of amides is 1. The standard InChI is InChI=1S/C14H25N7O/c1-8(22)17-9-5-6-21(7-9)12-10(15)11(16)18-13(19-12)20-14(2,3)4/h9H,5-7,15H2,1-4H3,(H,17,22)(H3,16,18,19,20). The van der Waals surface area contributed by atoms with Crippen LogP contribution in [0.1, 0.15) is 34.1 Å². The van der Waals surface area contributed by atoms with Crippen molar-refractivity contribution in [2.24, 2.45) is 0 Å². The van der Waals surface area contributed by atoms with Gasteiger partial charge in [-0.2, -0.15) is 9.97 Å². The number of hydrogen-bond donors (Lipinski definition) is 4. The molecular formula is C14H25N7O. The van der Waals surface area contributed by atoms with Crippen LogP contribution >= 0.6 is 0 Å². The number of aromatic nitrogens is 2. The average Bonchev–Trinajstić information content (AvgIpc) is 2.79. The van der Waals surface area contributed by atoms with Gasteiger partial charge < -0.3 is 27.0 Å². The molecule has 122 valence electrons. The number of nitrogens with zero attached hydrogens (tertiary/aromatic N) is 3. The van der Waals surface area contributed by atoms with E-state index in [1.165, 1.54) is 6.92 Å². The molecule has 2 heterocycles. The minimum absolute atomic E-state index is 0.0305. The van der Waals surface area contributed by atoms with Crippen molar-refractivity contribution in [1.82, 2.24) is 15.3 Å². The molecule has 0 bridgehead atoms. The van der Waals surface area contributed by atoms with Gasteiger partial charge in [-0.15, -0.1) is 0 Å². The molecule has 1 aliphatic rings. The molecule has 1 aromatic heterocycles. The van der Waals surface area contributed by atoms with E-state index in [-0.39, 0.29) is 23.3 Å². The Labute approximate surface area is 130 Å². The van der Waals surface area contributed by atoms with E-state index < -0.39 is 0 Å². The highest BCUT2D eigenvalue weighted by molar-refractivity contribution is 5.76. The topological polar surface area (TPSA) is 122 Å². The van der Waals surface area contributed by atoms with Crippen LogP contribution in [0.25, 0.3) is 0 Å². The van der Waals surface area contributed by atoms with Crippen molar-refractivity contribution in [3.05, 3.63) is 0 Å². The van der Waals surface area contributed by atoms with Crippen molar-refractivity contribution < 1.29 is 4.79 Å². The van der Waals surface area contributed by atoms with Crippen LogP contribution in [0, 0.1) is 0 Å². The summed E-state index contributed by atoms with van der Waals surface area (Å²) in [6.07, 6.45) is 0.852. The predicted molar refractivity (Wildman–Crippen MR) is 88.7 cm³/mol. The summed E-state index contributed by atoms with van der Waals surface area (Å²) in [6, 6.07) is 0.104. The summed E-state index contributed by atoms with van der Waals surface area (Å²) in [5.74, 6) is 1.31. The first-order valence-corrected chi connectivity index (χ1v) is 7.39. The average molecular weight is 307 g/mol. The zero-order chi connectivity index (χ0) is 16.5. The monoisotopic (exact) mass is 307 g/mol. The summed E-state index contributed by atoms with van der Waals surface area (Å²) in [5.41, 5.74) is 12.1. The summed E-state index contributed by atoms with van der Waals surface area (Å²) in [6.45, 7) is 9.00. The second-order valence-electron chi connectivity index (χ2n) is 6.68. The van der Waals surface area contributed by atoms with E-state index >= 15 is 0 Å². The van der Waals surface area contributed by atoms with Crippen molar-refractivity contribution in [2.75, 3.05) is 34.8 Å². The number of hydrogen-bond acceptors (Lipinski definition) is 7. The quantitative estimate of drug-likeness (QED) is 0.643. The molecule has 0 aromatic carbocycles. The lowest BCUT2D eigenvalue weighted by molar-refractivity contribution is -0.119. The summed E-state index contributed by atoms with van der Waals surface area (Å²) in [7, 11) is 0. The van der Waals surface area contributed by atoms with Gasteiger partial charge in [0.15, 0.2) is 11.6 Å². The van der Waals surface area contributed by atoms with Gasteiger partial charge in [-0.05, 0) is 27.2 Å². The van der Waals surface area contributed by atoms with E-state index in [9.17, 15) is 4.79 Å². The Bertz CT molecular complexity index is 567. The third kappa shape index (κ3) is 3.90. The fraction of sp³-hybridized carbons (Fsp3) is 0.643.